The minimum atomic E-state index is -0.532. The molecule has 0 aromatic rings. The van der Waals surface area contributed by atoms with Gasteiger partial charge in [0.15, 0.2) is 6.29 Å². The maximum absolute atomic E-state index is 11.0. The maximum Gasteiger partial charge on any atom is 0.335 e. The largest absolute Gasteiger partial charge is 0.433 e. The Kier molecular flexibility index (Phi) is 6.18. The Morgan fingerprint density at radius 1 is 1.62 bits per heavy atom. The zero-order chi connectivity index (χ0) is 10.3. The predicted molar refractivity (Wildman–Crippen MR) is 50.0 cm³/mol. The minimum Gasteiger partial charge on any atom is -0.433 e. The SMILES string of the molecule is C=C(C)C(=O)OC(C)OCCCN. The summed E-state index contributed by atoms with van der Waals surface area (Å²) < 4.78 is 10.00. The number of hydrogen-bond acceptors (Lipinski definition) is 4. The molecule has 4 heteroatoms. The first kappa shape index (κ1) is 12.1. The summed E-state index contributed by atoms with van der Waals surface area (Å²) in [6.45, 7) is 7.78. The second kappa shape index (κ2) is 6.62. The van der Waals surface area contributed by atoms with E-state index in [1.807, 2.05) is 0 Å². The second-order valence-electron chi connectivity index (χ2n) is 2.77. The van der Waals surface area contributed by atoms with Crippen molar-refractivity contribution >= 4 is 5.97 Å². The van der Waals surface area contributed by atoms with Gasteiger partial charge in [-0.15, -0.1) is 0 Å². The molecule has 4 nitrogen and oxygen atoms in total. The fraction of sp³-hybridized carbons (Fsp3) is 0.667. The van der Waals surface area contributed by atoms with E-state index in [0.717, 1.165) is 6.42 Å². The van der Waals surface area contributed by atoms with Gasteiger partial charge in [0.2, 0.25) is 0 Å². The highest BCUT2D eigenvalue weighted by Gasteiger charge is 2.09. The molecule has 0 saturated heterocycles. The smallest absolute Gasteiger partial charge is 0.335 e. The molecule has 0 aliphatic rings. The highest BCUT2D eigenvalue weighted by atomic mass is 16.7. The summed E-state index contributed by atoms with van der Waals surface area (Å²) in [5.74, 6) is -0.430. The van der Waals surface area contributed by atoms with Crippen LogP contribution in [0, 0.1) is 0 Å². The fourth-order valence-corrected chi connectivity index (χ4v) is 0.618. The molecular weight excluding hydrogens is 170 g/mol. The van der Waals surface area contributed by atoms with E-state index in [1.54, 1.807) is 13.8 Å². The summed E-state index contributed by atoms with van der Waals surface area (Å²) in [7, 11) is 0. The quantitative estimate of drug-likeness (QED) is 0.289. The van der Waals surface area contributed by atoms with E-state index in [0.29, 0.717) is 18.7 Å². The molecule has 0 rings (SSSR count). The standard InChI is InChI=1S/C9H17NO3/c1-7(2)9(11)13-8(3)12-6-4-5-10/h8H,1,4-6,10H2,2-3H3. The van der Waals surface area contributed by atoms with Crippen LogP contribution in [0.1, 0.15) is 20.3 Å². The number of esters is 1. The van der Waals surface area contributed by atoms with Crippen LogP contribution < -0.4 is 5.73 Å². The molecule has 0 radical (unpaired) electrons. The highest BCUT2D eigenvalue weighted by molar-refractivity contribution is 5.86. The first-order valence-corrected chi connectivity index (χ1v) is 4.26. The molecule has 0 aromatic heterocycles. The van der Waals surface area contributed by atoms with E-state index in [4.69, 9.17) is 15.2 Å². The van der Waals surface area contributed by atoms with E-state index < -0.39 is 12.3 Å². The van der Waals surface area contributed by atoms with Crippen LogP contribution in [0.15, 0.2) is 12.2 Å². The van der Waals surface area contributed by atoms with Crippen molar-refractivity contribution in [2.45, 2.75) is 26.6 Å². The van der Waals surface area contributed by atoms with Gasteiger partial charge in [0.05, 0.1) is 6.61 Å². The topological polar surface area (TPSA) is 61.5 Å². The highest BCUT2D eigenvalue weighted by Crippen LogP contribution is 1.99. The summed E-state index contributed by atoms with van der Waals surface area (Å²) in [5, 5.41) is 0. The number of ether oxygens (including phenoxy) is 2. The average molecular weight is 187 g/mol. The zero-order valence-electron chi connectivity index (χ0n) is 8.21. The Morgan fingerprint density at radius 2 is 2.23 bits per heavy atom. The first-order chi connectivity index (χ1) is 6.07. The van der Waals surface area contributed by atoms with E-state index in [-0.39, 0.29) is 0 Å². The second-order valence-corrected chi connectivity index (χ2v) is 2.77. The number of hydrogen-bond donors (Lipinski definition) is 1. The van der Waals surface area contributed by atoms with Crippen LogP contribution in [0.3, 0.4) is 0 Å². The van der Waals surface area contributed by atoms with E-state index in [1.165, 1.54) is 0 Å². The summed E-state index contributed by atoms with van der Waals surface area (Å²) in [6.07, 6.45) is 0.227. The number of carbonyl (C=O) groups is 1. The molecule has 0 spiro atoms. The summed E-state index contributed by atoms with van der Waals surface area (Å²) in [6, 6.07) is 0. The zero-order valence-corrected chi connectivity index (χ0v) is 8.21. The monoisotopic (exact) mass is 187 g/mol. The first-order valence-electron chi connectivity index (χ1n) is 4.26. The molecular formula is C9H17NO3. The Balaban J connectivity index is 3.55. The van der Waals surface area contributed by atoms with E-state index in [9.17, 15) is 4.79 Å². The van der Waals surface area contributed by atoms with Gasteiger partial charge >= 0.3 is 5.97 Å². The van der Waals surface area contributed by atoms with Crippen LogP contribution in [0.25, 0.3) is 0 Å². The van der Waals surface area contributed by atoms with Crippen LogP contribution >= 0.6 is 0 Å². The molecule has 0 aromatic carbocycles. The van der Waals surface area contributed by atoms with Crippen LogP contribution in [-0.4, -0.2) is 25.4 Å². The third kappa shape index (κ3) is 6.31. The van der Waals surface area contributed by atoms with Crippen molar-refractivity contribution in [3.63, 3.8) is 0 Å². The normalized spacial score (nSPS) is 12.2. The van der Waals surface area contributed by atoms with E-state index >= 15 is 0 Å². The number of carbonyl (C=O) groups excluding carboxylic acids is 1. The van der Waals surface area contributed by atoms with Gasteiger partial charge in [0, 0.05) is 5.57 Å². The lowest BCUT2D eigenvalue weighted by atomic mass is 10.4. The molecule has 1 atom stereocenters. The molecule has 0 amide bonds. The molecule has 76 valence electrons. The van der Waals surface area contributed by atoms with E-state index in [2.05, 4.69) is 6.58 Å². The van der Waals surface area contributed by atoms with Crippen molar-refractivity contribution in [1.82, 2.24) is 0 Å². The summed E-state index contributed by atoms with van der Waals surface area (Å²) in [4.78, 5) is 11.0. The number of nitrogens with two attached hydrogens (primary N) is 1. The van der Waals surface area contributed by atoms with Gasteiger partial charge < -0.3 is 15.2 Å². The van der Waals surface area contributed by atoms with Crippen LogP contribution in [0.2, 0.25) is 0 Å². The minimum absolute atomic E-state index is 0.370. The fourth-order valence-electron chi connectivity index (χ4n) is 0.618. The predicted octanol–water partition coefficient (Wildman–Crippen LogP) is 0.817. The van der Waals surface area contributed by atoms with Gasteiger partial charge in [-0.2, -0.15) is 0 Å². The Hall–Kier alpha value is -0.870. The molecule has 0 aliphatic heterocycles. The van der Waals surface area contributed by atoms with Crippen molar-refractivity contribution in [3.05, 3.63) is 12.2 Å². The van der Waals surface area contributed by atoms with Crippen LogP contribution in [-0.2, 0) is 14.3 Å². The van der Waals surface area contributed by atoms with Crippen molar-refractivity contribution < 1.29 is 14.3 Å². The maximum atomic E-state index is 11.0. The third-order valence-corrected chi connectivity index (χ3v) is 1.32. The average Bonchev–Trinajstić information content (AvgIpc) is 2.04. The third-order valence-electron chi connectivity index (χ3n) is 1.32. The van der Waals surface area contributed by atoms with Gasteiger partial charge in [0.1, 0.15) is 0 Å². The van der Waals surface area contributed by atoms with Crippen LogP contribution in [0.4, 0.5) is 0 Å². The molecule has 13 heavy (non-hydrogen) atoms. The Bertz CT molecular complexity index is 180. The molecule has 0 saturated carbocycles. The van der Waals surface area contributed by atoms with Crippen molar-refractivity contribution in [2.75, 3.05) is 13.2 Å². The lowest BCUT2D eigenvalue weighted by Crippen LogP contribution is -2.19. The number of rotatable bonds is 6. The van der Waals surface area contributed by atoms with Gasteiger partial charge in [-0.3, -0.25) is 0 Å². The van der Waals surface area contributed by atoms with Gasteiger partial charge in [-0.25, -0.2) is 4.79 Å². The molecule has 0 heterocycles. The van der Waals surface area contributed by atoms with Gasteiger partial charge in [-0.1, -0.05) is 6.58 Å². The Labute approximate surface area is 78.7 Å². The van der Waals surface area contributed by atoms with Crippen LogP contribution in [0.5, 0.6) is 0 Å². The Morgan fingerprint density at radius 3 is 2.69 bits per heavy atom. The van der Waals surface area contributed by atoms with Crippen molar-refractivity contribution in [2.24, 2.45) is 5.73 Å². The summed E-state index contributed by atoms with van der Waals surface area (Å²) in [5.41, 5.74) is 5.63. The lowest BCUT2D eigenvalue weighted by molar-refractivity contribution is -0.169. The molecule has 0 bridgehead atoms. The van der Waals surface area contributed by atoms with Crippen molar-refractivity contribution in [1.29, 1.82) is 0 Å². The molecule has 0 aliphatic carbocycles. The molecule has 1 unspecified atom stereocenters. The molecule has 2 N–H and O–H groups in total. The summed E-state index contributed by atoms with van der Waals surface area (Å²) >= 11 is 0. The van der Waals surface area contributed by atoms with Gasteiger partial charge in [-0.05, 0) is 26.8 Å². The molecule has 0 fully saturated rings. The lowest BCUT2D eigenvalue weighted by Gasteiger charge is -2.13. The van der Waals surface area contributed by atoms with Gasteiger partial charge in [0.25, 0.3) is 0 Å². The van der Waals surface area contributed by atoms with Crippen molar-refractivity contribution in [3.8, 4) is 0 Å².